The summed E-state index contributed by atoms with van der Waals surface area (Å²) in [6.07, 6.45) is 0.835. The zero-order valence-corrected chi connectivity index (χ0v) is 9.14. The lowest BCUT2D eigenvalue weighted by Crippen LogP contribution is -2.39. The van der Waals surface area contributed by atoms with Gasteiger partial charge in [-0.3, -0.25) is 4.90 Å². The van der Waals surface area contributed by atoms with E-state index in [0.29, 0.717) is 5.92 Å². The van der Waals surface area contributed by atoms with Crippen molar-refractivity contribution < 1.29 is 9.53 Å². The number of carbonyl (C=O) groups excluding carboxylic acids is 1. The van der Waals surface area contributed by atoms with Crippen LogP contribution in [0.2, 0.25) is 0 Å². The van der Waals surface area contributed by atoms with Gasteiger partial charge in [0.2, 0.25) is 0 Å². The number of fused-ring (bicyclic) bond motifs is 3. The Kier molecular flexibility index (Phi) is 2.02. The highest BCUT2D eigenvalue weighted by Gasteiger charge is 2.43. The van der Waals surface area contributed by atoms with E-state index in [1.54, 1.807) is 4.90 Å². The molecule has 4 nitrogen and oxygen atoms in total. The van der Waals surface area contributed by atoms with Crippen LogP contribution in [0.3, 0.4) is 0 Å². The Labute approximate surface area is 94.2 Å². The maximum atomic E-state index is 11.6. The molecule has 16 heavy (non-hydrogen) atoms. The predicted octanol–water partition coefficient (Wildman–Crippen LogP) is 1.99. The molecule has 1 fully saturated rings. The van der Waals surface area contributed by atoms with E-state index in [2.05, 4.69) is 17.4 Å². The predicted molar refractivity (Wildman–Crippen MR) is 60.3 cm³/mol. The number of hydrogen-bond acceptors (Lipinski definition) is 3. The fourth-order valence-electron chi connectivity index (χ4n) is 2.73. The van der Waals surface area contributed by atoms with E-state index in [1.165, 1.54) is 12.7 Å². The highest BCUT2D eigenvalue weighted by atomic mass is 16.5. The second-order valence-electron chi connectivity index (χ2n) is 4.24. The number of para-hydroxylation sites is 1. The van der Waals surface area contributed by atoms with Gasteiger partial charge in [0.15, 0.2) is 0 Å². The van der Waals surface area contributed by atoms with Crippen LogP contribution in [0.25, 0.3) is 0 Å². The lowest BCUT2D eigenvalue weighted by molar-refractivity contribution is 0.122. The summed E-state index contributed by atoms with van der Waals surface area (Å²) < 4.78 is 4.79. The van der Waals surface area contributed by atoms with E-state index in [9.17, 15) is 4.79 Å². The van der Waals surface area contributed by atoms with Gasteiger partial charge in [0.05, 0.1) is 7.11 Å². The number of hydrogen-bond donors (Lipinski definition) is 1. The molecule has 0 aromatic heterocycles. The zero-order valence-electron chi connectivity index (χ0n) is 9.14. The van der Waals surface area contributed by atoms with Crippen LogP contribution in [0.15, 0.2) is 24.3 Å². The first-order chi connectivity index (χ1) is 7.81. The van der Waals surface area contributed by atoms with Crippen LogP contribution in [0.4, 0.5) is 10.5 Å². The third-order valence-electron chi connectivity index (χ3n) is 3.47. The zero-order chi connectivity index (χ0) is 11.1. The molecule has 2 heterocycles. The molecule has 0 spiro atoms. The molecule has 1 aromatic carbocycles. The molecule has 2 aliphatic rings. The molecule has 1 amide bonds. The summed E-state index contributed by atoms with van der Waals surface area (Å²) in [6.45, 7) is 0.767. The Balaban J connectivity index is 1.90. The Hall–Kier alpha value is -1.71. The van der Waals surface area contributed by atoms with E-state index >= 15 is 0 Å². The summed E-state index contributed by atoms with van der Waals surface area (Å²) in [5, 5.41) is 3.39. The van der Waals surface area contributed by atoms with Gasteiger partial charge in [0, 0.05) is 18.2 Å². The minimum atomic E-state index is -0.243. The average Bonchev–Trinajstić information content (AvgIpc) is 2.86. The van der Waals surface area contributed by atoms with Crippen molar-refractivity contribution >= 4 is 11.8 Å². The van der Waals surface area contributed by atoms with Gasteiger partial charge in [-0.25, -0.2) is 4.79 Å². The van der Waals surface area contributed by atoms with Crippen molar-refractivity contribution in [3.8, 4) is 0 Å². The molecule has 2 atom stereocenters. The highest BCUT2D eigenvalue weighted by Crippen LogP contribution is 2.43. The normalized spacial score (nSPS) is 25.9. The van der Waals surface area contributed by atoms with E-state index < -0.39 is 0 Å². The van der Waals surface area contributed by atoms with Crippen molar-refractivity contribution in [2.45, 2.75) is 18.5 Å². The van der Waals surface area contributed by atoms with Crippen LogP contribution in [-0.4, -0.2) is 30.8 Å². The van der Waals surface area contributed by atoms with Gasteiger partial charge >= 0.3 is 6.09 Å². The number of benzene rings is 1. The van der Waals surface area contributed by atoms with Crippen LogP contribution in [0.5, 0.6) is 0 Å². The van der Waals surface area contributed by atoms with Gasteiger partial charge in [-0.05, 0) is 18.1 Å². The van der Waals surface area contributed by atoms with Gasteiger partial charge in [0.1, 0.15) is 6.17 Å². The van der Waals surface area contributed by atoms with Crippen molar-refractivity contribution in [1.29, 1.82) is 0 Å². The van der Waals surface area contributed by atoms with Gasteiger partial charge in [0.25, 0.3) is 0 Å². The second kappa shape index (κ2) is 3.40. The van der Waals surface area contributed by atoms with E-state index in [1.807, 2.05) is 12.1 Å². The van der Waals surface area contributed by atoms with Gasteiger partial charge < -0.3 is 10.1 Å². The molecule has 1 N–H and O–H groups in total. The smallest absolute Gasteiger partial charge is 0.411 e. The first-order valence-corrected chi connectivity index (χ1v) is 5.51. The lowest BCUT2D eigenvalue weighted by atomic mass is 9.99. The molecule has 0 saturated carbocycles. The number of rotatable bonds is 0. The molecule has 84 valence electrons. The van der Waals surface area contributed by atoms with Crippen molar-refractivity contribution in [2.75, 3.05) is 19.0 Å². The summed E-state index contributed by atoms with van der Waals surface area (Å²) in [4.78, 5) is 13.3. The van der Waals surface area contributed by atoms with Crippen LogP contribution >= 0.6 is 0 Å². The number of carbonyl (C=O) groups is 1. The summed E-state index contributed by atoms with van der Waals surface area (Å²) in [7, 11) is 1.43. The Morgan fingerprint density at radius 2 is 2.31 bits per heavy atom. The molecule has 0 radical (unpaired) electrons. The standard InChI is InChI=1S/C12H14N2O2/c1-16-12(15)14-7-6-9-8-4-2-3-5-10(8)13-11(9)14/h2-5,9,11,13H,6-7H2,1H3/t9-,11-/m1/s1. The molecule has 0 bridgehead atoms. The first kappa shape index (κ1) is 9.51. The fourth-order valence-corrected chi connectivity index (χ4v) is 2.73. The summed E-state index contributed by atoms with van der Waals surface area (Å²) >= 11 is 0. The summed E-state index contributed by atoms with van der Waals surface area (Å²) in [5.41, 5.74) is 2.46. The minimum Gasteiger partial charge on any atom is -0.453 e. The van der Waals surface area contributed by atoms with Gasteiger partial charge in [-0.2, -0.15) is 0 Å². The fraction of sp³-hybridized carbons (Fsp3) is 0.417. The van der Waals surface area contributed by atoms with Crippen molar-refractivity contribution in [3.63, 3.8) is 0 Å². The largest absolute Gasteiger partial charge is 0.453 e. The maximum absolute atomic E-state index is 11.6. The van der Waals surface area contributed by atoms with Crippen molar-refractivity contribution in [3.05, 3.63) is 29.8 Å². The van der Waals surface area contributed by atoms with Gasteiger partial charge in [-0.1, -0.05) is 18.2 Å². The Morgan fingerprint density at radius 1 is 1.50 bits per heavy atom. The summed E-state index contributed by atoms with van der Waals surface area (Å²) in [5.74, 6) is 0.412. The topological polar surface area (TPSA) is 41.6 Å². The number of nitrogens with zero attached hydrogens (tertiary/aromatic N) is 1. The molecule has 4 heteroatoms. The minimum absolute atomic E-state index is 0.0739. The third-order valence-corrected chi connectivity index (χ3v) is 3.47. The van der Waals surface area contributed by atoms with Crippen molar-refractivity contribution in [2.24, 2.45) is 0 Å². The molecular weight excluding hydrogens is 204 g/mol. The molecule has 1 saturated heterocycles. The van der Waals surface area contributed by atoms with E-state index in [4.69, 9.17) is 4.74 Å². The average molecular weight is 218 g/mol. The Morgan fingerprint density at radius 3 is 3.12 bits per heavy atom. The second-order valence-corrected chi connectivity index (χ2v) is 4.24. The number of methoxy groups -OCH3 is 1. The SMILES string of the molecule is COC(=O)N1CC[C@@H]2c3ccccc3N[C@@H]21. The first-order valence-electron chi connectivity index (χ1n) is 5.51. The number of likely N-dealkylation sites (tertiary alicyclic amines) is 1. The monoisotopic (exact) mass is 218 g/mol. The van der Waals surface area contributed by atoms with E-state index in [-0.39, 0.29) is 12.3 Å². The molecule has 3 rings (SSSR count). The van der Waals surface area contributed by atoms with E-state index in [0.717, 1.165) is 18.7 Å². The molecular formula is C12H14N2O2. The van der Waals surface area contributed by atoms with Crippen LogP contribution in [0, 0.1) is 0 Å². The quantitative estimate of drug-likeness (QED) is 0.724. The number of nitrogens with one attached hydrogen (secondary N) is 1. The van der Waals surface area contributed by atoms with Crippen molar-refractivity contribution in [1.82, 2.24) is 4.90 Å². The van der Waals surface area contributed by atoms with Gasteiger partial charge in [-0.15, -0.1) is 0 Å². The molecule has 1 aromatic rings. The summed E-state index contributed by atoms with van der Waals surface area (Å²) in [6, 6.07) is 8.25. The maximum Gasteiger partial charge on any atom is 0.411 e. The highest BCUT2D eigenvalue weighted by molar-refractivity contribution is 5.71. The lowest BCUT2D eigenvalue weighted by Gasteiger charge is -2.22. The molecule has 0 aliphatic carbocycles. The van der Waals surface area contributed by atoms with Crippen LogP contribution in [-0.2, 0) is 4.74 Å². The number of amides is 1. The third kappa shape index (κ3) is 1.19. The molecule has 0 unspecified atom stereocenters. The Bertz CT molecular complexity index is 433. The van der Waals surface area contributed by atoms with Crippen LogP contribution in [0.1, 0.15) is 17.9 Å². The molecule has 2 aliphatic heterocycles. The number of anilines is 1. The number of ether oxygens (including phenoxy) is 1. The van der Waals surface area contributed by atoms with Crippen LogP contribution < -0.4 is 5.32 Å².